The average Bonchev–Trinajstić information content (AvgIpc) is 3.09. The Morgan fingerprint density at radius 2 is 1.93 bits per heavy atom. The van der Waals surface area contributed by atoms with Crippen LogP contribution in [0.4, 0.5) is 0 Å². The first-order valence-corrected chi connectivity index (χ1v) is 9.90. The summed E-state index contributed by atoms with van der Waals surface area (Å²) < 4.78 is 0. The Labute approximate surface area is 164 Å². The smallest absolute Gasteiger partial charge is 0.251 e. The summed E-state index contributed by atoms with van der Waals surface area (Å²) in [4.78, 5) is 24.0. The fraction of sp³-hybridized carbons (Fsp3) is 0.364. The summed E-state index contributed by atoms with van der Waals surface area (Å²) in [5, 5.41) is 9.00. The number of nitrogens with one attached hydrogen (secondary N) is 3. The van der Waals surface area contributed by atoms with E-state index in [1.807, 2.05) is 24.3 Å². The Kier molecular flexibility index (Phi) is 5.41. The van der Waals surface area contributed by atoms with E-state index in [0.29, 0.717) is 13.0 Å². The van der Waals surface area contributed by atoms with Crippen molar-refractivity contribution in [1.29, 1.82) is 0 Å². The molecule has 28 heavy (non-hydrogen) atoms. The summed E-state index contributed by atoms with van der Waals surface area (Å²) in [6.45, 7) is 1.48. The molecule has 2 atom stereocenters. The third kappa shape index (κ3) is 4.08. The van der Waals surface area contributed by atoms with Gasteiger partial charge in [-0.05, 0) is 53.8 Å². The Balaban J connectivity index is 1.37. The normalized spacial score (nSPS) is 19.6. The maximum Gasteiger partial charge on any atom is 0.251 e. The van der Waals surface area contributed by atoms with Crippen LogP contribution in [0, 0.1) is 0 Å². The molecule has 1 saturated heterocycles. The molecule has 0 bridgehead atoms. The zero-order chi connectivity index (χ0) is 19.5. The number of rotatable bonds is 5. The van der Waals surface area contributed by atoms with E-state index >= 15 is 0 Å². The van der Waals surface area contributed by atoms with E-state index in [4.69, 9.17) is 5.73 Å². The number of nitrogens with two attached hydrogens (primary N) is 1. The summed E-state index contributed by atoms with van der Waals surface area (Å²) in [6, 6.07) is 14.0. The zero-order valence-electron chi connectivity index (χ0n) is 15.8. The van der Waals surface area contributed by atoms with Gasteiger partial charge in [0.2, 0.25) is 5.91 Å². The average molecular weight is 378 g/mol. The second kappa shape index (κ2) is 8.12. The minimum atomic E-state index is -0.404. The molecular formula is C22H26N4O2. The summed E-state index contributed by atoms with van der Waals surface area (Å²) >= 11 is 0. The Hall–Kier alpha value is -2.70. The van der Waals surface area contributed by atoms with Crippen LogP contribution < -0.4 is 21.7 Å². The van der Waals surface area contributed by atoms with Gasteiger partial charge >= 0.3 is 0 Å². The van der Waals surface area contributed by atoms with Gasteiger partial charge in [-0.2, -0.15) is 0 Å². The van der Waals surface area contributed by atoms with Gasteiger partial charge < -0.3 is 21.7 Å². The fourth-order valence-corrected chi connectivity index (χ4v) is 3.91. The molecule has 2 aliphatic rings. The molecule has 1 fully saturated rings. The van der Waals surface area contributed by atoms with Crippen molar-refractivity contribution < 1.29 is 9.59 Å². The van der Waals surface area contributed by atoms with Gasteiger partial charge in [0.25, 0.3) is 5.91 Å². The van der Waals surface area contributed by atoms with Crippen molar-refractivity contribution in [3.63, 3.8) is 0 Å². The maximum absolute atomic E-state index is 12.3. The highest BCUT2D eigenvalue weighted by atomic mass is 16.2. The van der Waals surface area contributed by atoms with Crippen molar-refractivity contribution >= 4 is 11.8 Å². The van der Waals surface area contributed by atoms with Crippen LogP contribution >= 0.6 is 0 Å². The highest BCUT2D eigenvalue weighted by Crippen LogP contribution is 2.25. The number of hydrogen-bond donors (Lipinski definition) is 4. The number of amides is 2. The van der Waals surface area contributed by atoms with Gasteiger partial charge in [-0.25, -0.2) is 0 Å². The molecule has 6 nitrogen and oxygen atoms in total. The molecule has 6 heteroatoms. The van der Waals surface area contributed by atoms with Crippen LogP contribution in [-0.4, -0.2) is 30.6 Å². The molecule has 4 rings (SSSR count). The molecule has 2 heterocycles. The van der Waals surface area contributed by atoms with Crippen LogP contribution in [0.5, 0.6) is 0 Å². The summed E-state index contributed by atoms with van der Waals surface area (Å²) in [7, 11) is 0. The number of fused-ring (bicyclic) bond motifs is 1. The minimum absolute atomic E-state index is 0.00337. The van der Waals surface area contributed by atoms with E-state index in [1.54, 1.807) is 0 Å². The third-order valence-corrected chi connectivity index (χ3v) is 5.49. The van der Waals surface area contributed by atoms with Crippen LogP contribution in [0.25, 0.3) is 11.1 Å². The molecule has 0 aliphatic carbocycles. The lowest BCUT2D eigenvalue weighted by molar-refractivity contribution is -0.124. The first kappa shape index (κ1) is 18.7. The molecule has 0 unspecified atom stereocenters. The van der Waals surface area contributed by atoms with Crippen molar-refractivity contribution in [2.24, 2.45) is 5.73 Å². The van der Waals surface area contributed by atoms with Crippen LogP contribution in [0.2, 0.25) is 0 Å². The van der Waals surface area contributed by atoms with Gasteiger partial charge in [0.1, 0.15) is 0 Å². The number of carbonyl (C=O) groups excluding carboxylic acids is 2. The van der Waals surface area contributed by atoms with Gasteiger partial charge in [0, 0.05) is 18.5 Å². The van der Waals surface area contributed by atoms with Crippen LogP contribution in [-0.2, 0) is 17.8 Å². The van der Waals surface area contributed by atoms with Crippen LogP contribution in [0.1, 0.15) is 40.7 Å². The molecule has 0 radical (unpaired) electrons. The Morgan fingerprint density at radius 3 is 2.68 bits per heavy atom. The predicted molar refractivity (Wildman–Crippen MR) is 109 cm³/mol. The van der Waals surface area contributed by atoms with E-state index in [1.165, 1.54) is 0 Å². The van der Waals surface area contributed by atoms with Gasteiger partial charge in [-0.3, -0.25) is 9.59 Å². The van der Waals surface area contributed by atoms with E-state index < -0.39 is 6.17 Å². The zero-order valence-corrected chi connectivity index (χ0v) is 15.8. The molecule has 0 saturated carbocycles. The van der Waals surface area contributed by atoms with Gasteiger partial charge in [0.05, 0.1) is 12.2 Å². The summed E-state index contributed by atoms with van der Waals surface area (Å²) in [6.07, 6.45) is 3.25. The van der Waals surface area contributed by atoms with Crippen molar-refractivity contribution in [2.75, 3.05) is 6.54 Å². The van der Waals surface area contributed by atoms with Gasteiger partial charge in [-0.15, -0.1) is 0 Å². The number of piperidine rings is 1. The molecule has 2 aromatic carbocycles. The molecule has 0 aromatic heterocycles. The lowest BCUT2D eigenvalue weighted by atomic mass is 9.98. The van der Waals surface area contributed by atoms with Gasteiger partial charge in [0.15, 0.2) is 0 Å². The highest BCUT2D eigenvalue weighted by Gasteiger charge is 2.22. The van der Waals surface area contributed by atoms with Gasteiger partial charge in [-0.1, -0.05) is 36.8 Å². The minimum Gasteiger partial charge on any atom is -0.348 e. The highest BCUT2D eigenvalue weighted by molar-refractivity contribution is 5.98. The standard InChI is InChI=1S/C22H26N4O2/c23-20(26-22(28)19-3-1-2-10-24-19)11-14-4-6-15(7-5-14)16-8-9-18-17(12-16)13-25-21(18)27/h4-9,12,19-20,24H,1-3,10-11,13,23H2,(H,25,27)(H,26,28)/t19-,20-/m0/s1. The van der Waals surface area contributed by atoms with E-state index in [0.717, 1.165) is 53.6 Å². The Bertz CT molecular complexity index is 873. The van der Waals surface area contributed by atoms with Crippen LogP contribution in [0.3, 0.4) is 0 Å². The third-order valence-electron chi connectivity index (χ3n) is 5.49. The lowest BCUT2D eigenvalue weighted by Gasteiger charge is -2.24. The van der Waals surface area contributed by atoms with E-state index in [9.17, 15) is 9.59 Å². The quantitative estimate of drug-likeness (QED) is 0.595. The van der Waals surface area contributed by atoms with Crippen molar-refractivity contribution in [1.82, 2.24) is 16.0 Å². The first-order valence-electron chi connectivity index (χ1n) is 9.90. The lowest BCUT2D eigenvalue weighted by Crippen LogP contribution is -2.52. The molecule has 2 aliphatic heterocycles. The SMILES string of the molecule is N[C@H](Cc1ccc(-c2ccc3c(c2)CNC3=O)cc1)NC(=O)[C@@H]1CCCCN1. The number of benzene rings is 2. The van der Waals surface area contributed by atoms with Crippen molar-refractivity contribution in [2.45, 2.75) is 44.4 Å². The van der Waals surface area contributed by atoms with Crippen LogP contribution in [0.15, 0.2) is 42.5 Å². The van der Waals surface area contributed by atoms with Crippen molar-refractivity contribution in [3.8, 4) is 11.1 Å². The second-order valence-corrected chi connectivity index (χ2v) is 7.57. The largest absolute Gasteiger partial charge is 0.348 e. The molecular weight excluding hydrogens is 352 g/mol. The molecule has 0 spiro atoms. The maximum atomic E-state index is 12.3. The topological polar surface area (TPSA) is 96.2 Å². The molecule has 2 aromatic rings. The Morgan fingerprint density at radius 1 is 1.14 bits per heavy atom. The molecule has 146 valence electrons. The fourth-order valence-electron chi connectivity index (χ4n) is 3.91. The van der Waals surface area contributed by atoms with Crippen molar-refractivity contribution in [3.05, 3.63) is 59.2 Å². The molecule has 5 N–H and O–H groups in total. The number of carbonyl (C=O) groups is 2. The number of hydrogen-bond acceptors (Lipinski definition) is 4. The van der Waals surface area contributed by atoms with E-state index in [-0.39, 0.29) is 17.9 Å². The first-order chi connectivity index (χ1) is 13.6. The monoisotopic (exact) mass is 378 g/mol. The van der Waals surface area contributed by atoms with E-state index in [2.05, 4.69) is 34.1 Å². The summed E-state index contributed by atoms with van der Waals surface area (Å²) in [5.74, 6) is -0.0125. The molecule has 2 amide bonds. The predicted octanol–water partition coefficient (Wildman–Crippen LogP) is 1.68. The summed E-state index contributed by atoms with van der Waals surface area (Å²) in [5.41, 5.74) is 11.2. The second-order valence-electron chi connectivity index (χ2n) is 7.57.